The standard InChI is InChI=1S/C21H27N3O3/c25-21(17-9-5-2-6-10-17)24-13-18(14-24)20-22-19(23-27-20)11-12-26-15-16-7-3-1-4-8-16/h1,3-4,7-8,17-18H,2,5-6,9-15H2. The van der Waals surface area contributed by atoms with Crippen molar-refractivity contribution in [2.24, 2.45) is 5.92 Å². The largest absolute Gasteiger partial charge is 0.376 e. The molecule has 2 aromatic rings. The third-order valence-corrected chi connectivity index (χ3v) is 5.56. The van der Waals surface area contributed by atoms with Gasteiger partial charge in [-0.25, -0.2) is 0 Å². The van der Waals surface area contributed by atoms with Crippen LogP contribution >= 0.6 is 0 Å². The summed E-state index contributed by atoms with van der Waals surface area (Å²) in [5, 5.41) is 4.05. The number of aromatic nitrogens is 2. The molecule has 0 spiro atoms. The van der Waals surface area contributed by atoms with Gasteiger partial charge < -0.3 is 14.2 Å². The minimum atomic E-state index is 0.184. The number of amides is 1. The van der Waals surface area contributed by atoms with Crippen molar-refractivity contribution < 1.29 is 14.1 Å². The molecule has 1 aliphatic heterocycles. The van der Waals surface area contributed by atoms with Gasteiger partial charge in [0, 0.05) is 25.4 Å². The van der Waals surface area contributed by atoms with Crippen LogP contribution in [0.2, 0.25) is 0 Å². The zero-order chi connectivity index (χ0) is 18.5. The van der Waals surface area contributed by atoms with Crippen molar-refractivity contribution >= 4 is 5.91 Å². The molecule has 6 nitrogen and oxygen atoms in total. The lowest BCUT2D eigenvalue weighted by atomic mass is 9.86. The number of likely N-dealkylation sites (tertiary alicyclic amines) is 1. The number of hydrogen-bond acceptors (Lipinski definition) is 5. The van der Waals surface area contributed by atoms with E-state index in [4.69, 9.17) is 9.26 Å². The van der Waals surface area contributed by atoms with E-state index in [0.29, 0.717) is 50.3 Å². The second kappa shape index (κ2) is 8.65. The molecule has 6 heteroatoms. The molecular weight excluding hydrogens is 342 g/mol. The van der Waals surface area contributed by atoms with Gasteiger partial charge in [-0.15, -0.1) is 0 Å². The van der Waals surface area contributed by atoms with Gasteiger partial charge >= 0.3 is 0 Å². The van der Waals surface area contributed by atoms with Gasteiger partial charge in [-0.05, 0) is 18.4 Å². The number of carbonyl (C=O) groups is 1. The Kier molecular flexibility index (Phi) is 5.82. The van der Waals surface area contributed by atoms with Crippen molar-refractivity contribution in [3.63, 3.8) is 0 Å². The van der Waals surface area contributed by atoms with Gasteiger partial charge in [-0.2, -0.15) is 4.98 Å². The minimum Gasteiger partial charge on any atom is -0.376 e. The zero-order valence-electron chi connectivity index (χ0n) is 15.7. The fourth-order valence-electron chi connectivity index (χ4n) is 3.89. The highest BCUT2D eigenvalue weighted by molar-refractivity contribution is 5.79. The summed E-state index contributed by atoms with van der Waals surface area (Å²) in [6.07, 6.45) is 6.38. The number of nitrogens with zero attached hydrogens (tertiary/aromatic N) is 3. The Morgan fingerprint density at radius 3 is 2.70 bits per heavy atom. The number of ether oxygens (including phenoxy) is 1. The molecule has 1 saturated heterocycles. The molecule has 2 heterocycles. The highest BCUT2D eigenvalue weighted by Crippen LogP contribution is 2.31. The quantitative estimate of drug-likeness (QED) is 0.700. The average Bonchev–Trinajstić information content (AvgIpc) is 3.14. The molecule has 4 rings (SSSR count). The summed E-state index contributed by atoms with van der Waals surface area (Å²) in [6, 6.07) is 10.1. The van der Waals surface area contributed by atoms with Crippen molar-refractivity contribution in [3.05, 3.63) is 47.6 Å². The Hall–Kier alpha value is -2.21. The maximum absolute atomic E-state index is 12.5. The van der Waals surface area contributed by atoms with E-state index in [2.05, 4.69) is 10.1 Å². The van der Waals surface area contributed by atoms with E-state index >= 15 is 0 Å². The van der Waals surface area contributed by atoms with Crippen LogP contribution in [0.4, 0.5) is 0 Å². The smallest absolute Gasteiger partial charge is 0.233 e. The number of carbonyl (C=O) groups excluding carboxylic acids is 1. The first-order valence-electron chi connectivity index (χ1n) is 10.0. The molecule has 0 unspecified atom stereocenters. The van der Waals surface area contributed by atoms with Crippen LogP contribution in [-0.4, -0.2) is 40.6 Å². The fraction of sp³-hybridized carbons (Fsp3) is 0.571. The van der Waals surface area contributed by atoms with Crippen LogP contribution in [0.5, 0.6) is 0 Å². The van der Waals surface area contributed by atoms with Crippen LogP contribution in [0, 0.1) is 5.92 Å². The molecule has 144 valence electrons. The molecule has 2 fully saturated rings. The van der Waals surface area contributed by atoms with Gasteiger partial charge in [0.15, 0.2) is 5.82 Å². The van der Waals surface area contributed by atoms with Crippen LogP contribution in [0.25, 0.3) is 0 Å². The normalized spacial score (nSPS) is 18.4. The first-order chi connectivity index (χ1) is 13.3. The highest BCUT2D eigenvalue weighted by atomic mass is 16.5. The molecule has 1 aromatic carbocycles. The Labute approximate surface area is 159 Å². The molecule has 0 N–H and O–H groups in total. The van der Waals surface area contributed by atoms with E-state index in [9.17, 15) is 4.79 Å². The first kappa shape index (κ1) is 18.2. The Balaban J connectivity index is 1.18. The Bertz CT molecular complexity index is 734. The summed E-state index contributed by atoms with van der Waals surface area (Å²) in [5.41, 5.74) is 1.16. The van der Waals surface area contributed by atoms with Crippen molar-refractivity contribution in [2.75, 3.05) is 19.7 Å². The van der Waals surface area contributed by atoms with E-state index < -0.39 is 0 Å². The lowest BCUT2D eigenvalue weighted by molar-refractivity contribution is -0.141. The third-order valence-electron chi connectivity index (χ3n) is 5.56. The molecule has 1 aliphatic carbocycles. The van der Waals surface area contributed by atoms with Crippen molar-refractivity contribution in [1.82, 2.24) is 15.0 Å². The van der Waals surface area contributed by atoms with Crippen LogP contribution in [-0.2, 0) is 22.6 Å². The van der Waals surface area contributed by atoms with E-state index in [0.717, 1.165) is 18.4 Å². The monoisotopic (exact) mass is 369 g/mol. The van der Waals surface area contributed by atoms with E-state index in [1.54, 1.807) is 0 Å². The number of rotatable bonds is 7. The maximum atomic E-state index is 12.5. The van der Waals surface area contributed by atoms with E-state index in [1.807, 2.05) is 35.2 Å². The Morgan fingerprint density at radius 1 is 1.15 bits per heavy atom. The molecule has 0 bridgehead atoms. The number of hydrogen-bond donors (Lipinski definition) is 0. The summed E-state index contributed by atoms with van der Waals surface area (Å²) in [6.45, 7) is 2.57. The summed E-state index contributed by atoms with van der Waals surface area (Å²) < 4.78 is 11.1. The van der Waals surface area contributed by atoms with Gasteiger partial charge in [0.05, 0.1) is 19.1 Å². The van der Waals surface area contributed by atoms with Crippen LogP contribution < -0.4 is 0 Å². The van der Waals surface area contributed by atoms with E-state index in [1.165, 1.54) is 19.3 Å². The van der Waals surface area contributed by atoms with Gasteiger partial charge in [0.2, 0.25) is 11.8 Å². The predicted molar refractivity (Wildman–Crippen MR) is 100.0 cm³/mol. The second-order valence-corrected chi connectivity index (χ2v) is 7.61. The molecule has 0 radical (unpaired) electrons. The van der Waals surface area contributed by atoms with Crippen LogP contribution in [0.1, 0.15) is 55.3 Å². The van der Waals surface area contributed by atoms with Gasteiger partial charge in [0.1, 0.15) is 0 Å². The molecule has 27 heavy (non-hydrogen) atoms. The summed E-state index contributed by atoms with van der Waals surface area (Å²) in [5.74, 6) is 2.07. The zero-order valence-corrected chi connectivity index (χ0v) is 15.7. The molecular formula is C21H27N3O3. The lowest BCUT2D eigenvalue weighted by Crippen LogP contribution is -2.51. The van der Waals surface area contributed by atoms with Crippen LogP contribution in [0.15, 0.2) is 34.9 Å². The fourth-order valence-corrected chi connectivity index (χ4v) is 3.89. The van der Waals surface area contributed by atoms with Gasteiger partial charge in [0.25, 0.3) is 0 Å². The van der Waals surface area contributed by atoms with Gasteiger partial charge in [-0.1, -0.05) is 54.8 Å². The molecule has 0 atom stereocenters. The summed E-state index contributed by atoms with van der Waals surface area (Å²) >= 11 is 0. The van der Waals surface area contributed by atoms with Crippen molar-refractivity contribution in [2.45, 2.75) is 51.0 Å². The topological polar surface area (TPSA) is 68.5 Å². The van der Waals surface area contributed by atoms with Crippen LogP contribution in [0.3, 0.4) is 0 Å². The first-order valence-corrected chi connectivity index (χ1v) is 10.0. The van der Waals surface area contributed by atoms with Crippen molar-refractivity contribution in [1.29, 1.82) is 0 Å². The predicted octanol–water partition coefficient (Wildman–Crippen LogP) is 3.34. The molecule has 2 aliphatic rings. The number of benzene rings is 1. The Morgan fingerprint density at radius 2 is 1.93 bits per heavy atom. The lowest BCUT2D eigenvalue weighted by Gasteiger charge is -2.39. The van der Waals surface area contributed by atoms with Gasteiger partial charge in [-0.3, -0.25) is 4.79 Å². The molecule has 1 aromatic heterocycles. The summed E-state index contributed by atoms with van der Waals surface area (Å²) in [4.78, 5) is 18.9. The average molecular weight is 369 g/mol. The third kappa shape index (κ3) is 4.56. The minimum absolute atomic E-state index is 0.184. The van der Waals surface area contributed by atoms with Crippen molar-refractivity contribution in [3.8, 4) is 0 Å². The molecule has 1 amide bonds. The SMILES string of the molecule is O=C(C1CCCCC1)N1CC(c2nc(CCOCc3ccccc3)no2)C1. The summed E-state index contributed by atoms with van der Waals surface area (Å²) in [7, 11) is 0. The molecule has 1 saturated carbocycles. The second-order valence-electron chi connectivity index (χ2n) is 7.61. The maximum Gasteiger partial charge on any atom is 0.233 e. The highest BCUT2D eigenvalue weighted by Gasteiger charge is 2.38. The van der Waals surface area contributed by atoms with E-state index in [-0.39, 0.29) is 11.8 Å².